The Bertz CT molecular complexity index is 770. The van der Waals surface area contributed by atoms with Gasteiger partial charge in [0.2, 0.25) is 11.8 Å². The summed E-state index contributed by atoms with van der Waals surface area (Å²) >= 11 is 2.00. The van der Waals surface area contributed by atoms with Crippen LogP contribution in [0.2, 0.25) is 0 Å². The minimum Gasteiger partial charge on any atom is -0.347 e. The molecule has 5 nitrogen and oxygen atoms in total. The Kier molecular flexibility index (Phi) is 5.79. The molecular weight excluding hydrogens is 403 g/mol. The first-order valence-electron chi connectivity index (χ1n) is 9.89. The summed E-state index contributed by atoms with van der Waals surface area (Å²) in [6, 6.07) is 5.09. The fraction of sp³-hybridized carbons (Fsp3) is 0.600. The van der Waals surface area contributed by atoms with Crippen LogP contribution in [0.3, 0.4) is 0 Å². The van der Waals surface area contributed by atoms with Crippen molar-refractivity contribution in [3.8, 4) is 0 Å². The largest absolute Gasteiger partial charge is 0.416 e. The van der Waals surface area contributed by atoms with Crippen molar-refractivity contribution in [1.29, 1.82) is 0 Å². The molecule has 1 aromatic rings. The first kappa shape index (κ1) is 20.5. The van der Waals surface area contributed by atoms with Gasteiger partial charge in [-0.15, -0.1) is 0 Å². The van der Waals surface area contributed by atoms with Crippen LogP contribution in [0, 0.1) is 17.8 Å². The van der Waals surface area contributed by atoms with Crippen molar-refractivity contribution in [2.75, 3.05) is 36.5 Å². The van der Waals surface area contributed by atoms with E-state index in [1.54, 1.807) is 0 Å². The molecule has 3 atom stereocenters. The minimum atomic E-state index is -4.47. The molecule has 1 aliphatic carbocycles. The third-order valence-corrected chi connectivity index (χ3v) is 7.18. The zero-order valence-electron chi connectivity index (χ0n) is 15.9. The number of piperidine rings is 1. The molecule has 2 amide bonds. The van der Waals surface area contributed by atoms with Crippen molar-refractivity contribution in [3.63, 3.8) is 0 Å². The summed E-state index contributed by atoms with van der Waals surface area (Å²) in [5.41, 5.74) is -0.769. The molecule has 0 bridgehead atoms. The lowest BCUT2D eigenvalue weighted by Gasteiger charge is -2.32. The molecule has 2 saturated heterocycles. The number of hydrogen-bond donors (Lipinski definition) is 2. The van der Waals surface area contributed by atoms with Gasteiger partial charge in [0.25, 0.3) is 0 Å². The van der Waals surface area contributed by atoms with Gasteiger partial charge in [0, 0.05) is 30.7 Å². The fourth-order valence-electron chi connectivity index (χ4n) is 4.56. The quantitative estimate of drug-likeness (QED) is 0.759. The molecule has 158 valence electrons. The molecule has 4 rings (SSSR count). The summed E-state index contributed by atoms with van der Waals surface area (Å²) in [4.78, 5) is 26.9. The second-order valence-electron chi connectivity index (χ2n) is 8.00. The molecule has 0 radical (unpaired) electrons. The Morgan fingerprint density at radius 1 is 1.14 bits per heavy atom. The van der Waals surface area contributed by atoms with Crippen LogP contribution in [0.15, 0.2) is 24.3 Å². The monoisotopic (exact) mass is 427 g/mol. The van der Waals surface area contributed by atoms with Gasteiger partial charge in [-0.25, -0.2) is 0 Å². The van der Waals surface area contributed by atoms with Crippen molar-refractivity contribution in [1.82, 2.24) is 10.2 Å². The van der Waals surface area contributed by atoms with Gasteiger partial charge in [-0.1, -0.05) is 6.07 Å². The van der Waals surface area contributed by atoms with E-state index < -0.39 is 17.6 Å². The van der Waals surface area contributed by atoms with Crippen LogP contribution in [0.1, 0.15) is 18.4 Å². The summed E-state index contributed by atoms with van der Waals surface area (Å²) in [5.74, 6) is 2.46. The zero-order chi connectivity index (χ0) is 20.6. The smallest absolute Gasteiger partial charge is 0.347 e. The highest BCUT2D eigenvalue weighted by atomic mass is 32.2. The summed E-state index contributed by atoms with van der Waals surface area (Å²) < 4.78 is 38.2. The van der Waals surface area contributed by atoms with Crippen LogP contribution >= 0.6 is 11.8 Å². The van der Waals surface area contributed by atoms with E-state index >= 15 is 0 Å². The van der Waals surface area contributed by atoms with Crippen molar-refractivity contribution in [2.45, 2.75) is 25.1 Å². The first-order valence-corrected chi connectivity index (χ1v) is 11.0. The number of thioether (sulfide) groups is 1. The van der Waals surface area contributed by atoms with Gasteiger partial charge in [-0.05, 0) is 54.4 Å². The van der Waals surface area contributed by atoms with Gasteiger partial charge in [0.15, 0.2) is 0 Å². The third kappa shape index (κ3) is 4.71. The van der Waals surface area contributed by atoms with Crippen molar-refractivity contribution < 1.29 is 22.8 Å². The Hall–Kier alpha value is -1.74. The van der Waals surface area contributed by atoms with Gasteiger partial charge in [-0.2, -0.15) is 24.9 Å². The Morgan fingerprint density at radius 2 is 1.83 bits per heavy atom. The standard InChI is InChI=1S/C20H24F3N3O2S/c21-20(22,23)12-2-1-3-13(8-12)25-17(27)9-24-19(28)18-15-10-26(11-16(15)18)14-4-6-29-7-5-14/h1-3,8,14-16,18H,4-7,9-11H2,(H,24,28)(H,25,27)/t15-,16+,18?. The van der Waals surface area contributed by atoms with E-state index in [4.69, 9.17) is 0 Å². The SMILES string of the molecule is O=C(CNC(=O)C1[C@H]2CN(C3CCSCC3)C[C@@H]12)Nc1cccc(C(F)(F)F)c1. The van der Waals surface area contributed by atoms with Crippen molar-refractivity contribution in [2.24, 2.45) is 17.8 Å². The Balaban J connectivity index is 1.21. The molecule has 9 heteroatoms. The summed E-state index contributed by atoms with van der Waals surface area (Å²) in [5, 5.41) is 5.04. The number of hydrogen-bond acceptors (Lipinski definition) is 4. The van der Waals surface area contributed by atoms with E-state index in [1.807, 2.05) is 11.8 Å². The molecule has 0 aromatic heterocycles. The summed E-state index contributed by atoms with van der Waals surface area (Å²) in [6.45, 7) is 1.66. The number of fused-ring (bicyclic) bond motifs is 1. The number of alkyl halides is 3. The molecule has 1 aromatic carbocycles. The van der Waals surface area contributed by atoms with Gasteiger partial charge < -0.3 is 10.6 Å². The van der Waals surface area contributed by atoms with E-state index in [1.165, 1.54) is 36.5 Å². The van der Waals surface area contributed by atoms with Crippen molar-refractivity contribution >= 4 is 29.3 Å². The molecule has 3 fully saturated rings. The number of nitrogens with one attached hydrogen (secondary N) is 2. The first-order chi connectivity index (χ1) is 13.8. The molecule has 2 N–H and O–H groups in total. The number of amides is 2. The number of likely N-dealkylation sites (tertiary alicyclic amines) is 1. The van der Waals surface area contributed by atoms with Crippen LogP contribution in [0.4, 0.5) is 18.9 Å². The molecular formula is C20H24F3N3O2S. The van der Waals surface area contributed by atoms with Gasteiger partial charge >= 0.3 is 6.18 Å². The molecule has 0 spiro atoms. The van der Waals surface area contributed by atoms with E-state index in [2.05, 4.69) is 15.5 Å². The second kappa shape index (κ2) is 8.18. The van der Waals surface area contributed by atoms with Crippen LogP contribution in [0.25, 0.3) is 0 Å². The van der Waals surface area contributed by atoms with Crippen LogP contribution in [-0.2, 0) is 15.8 Å². The topological polar surface area (TPSA) is 61.4 Å². The highest BCUT2D eigenvalue weighted by Gasteiger charge is 2.59. The predicted molar refractivity (Wildman–Crippen MR) is 105 cm³/mol. The van der Waals surface area contributed by atoms with E-state index in [0.717, 1.165) is 25.2 Å². The lowest BCUT2D eigenvalue weighted by atomic mass is 10.1. The van der Waals surface area contributed by atoms with Crippen molar-refractivity contribution in [3.05, 3.63) is 29.8 Å². The zero-order valence-corrected chi connectivity index (χ0v) is 16.7. The molecule has 29 heavy (non-hydrogen) atoms. The Labute approximate surface area is 171 Å². The fourth-order valence-corrected chi connectivity index (χ4v) is 5.64. The highest BCUT2D eigenvalue weighted by molar-refractivity contribution is 7.99. The van der Waals surface area contributed by atoms with E-state index in [0.29, 0.717) is 17.9 Å². The maximum atomic E-state index is 12.7. The number of anilines is 1. The molecule has 2 aliphatic heterocycles. The molecule has 1 saturated carbocycles. The predicted octanol–water partition coefficient (Wildman–Crippen LogP) is 2.83. The van der Waals surface area contributed by atoms with Crippen LogP contribution in [0.5, 0.6) is 0 Å². The number of benzene rings is 1. The third-order valence-electron chi connectivity index (χ3n) is 6.13. The van der Waals surface area contributed by atoms with Crippen LogP contribution in [-0.4, -0.2) is 53.9 Å². The highest BCUT2D eigenvalue weighted by Crippen LogP contribution is 2.52. The van der Waals surface area contributed by atoms with E-state index in [-0.39, 0.29) is 24.1 Å². The van der Waals surface area contributed by atoms with Crippen LogP contribution < -0.4 is 10.6 Å². The number of rotatable bonds is 5. The number of nitrogens with zero attached hydrogens (tertiary/aromatic N) is 1. The molecule has 1 unspecified atom stereocenters. The number of halogens is 3. The Morgan fingerprint density at radius 3 is 2.48 bits per heavy atom. The lowest BCUT2D eigenvalue weighted by molar-refractivity contribution is -0.137. The average molecular weight is 427 g/mol. The second-order valence-corrected chi connectivity index (χ2v) is 9.22. The van der Waals surface area contributed by atoms with E-state index in [9.17, 15) is 22.8 Å². The number of carbonyl (C=O) groups excluding carboxylic acids is 2. The van der Waals surface area contributed by atoms with Gasteiger partial charge in [0.05, 0.1) is 12.1 Å². The van der Waals surface area contributed by atoms with Gasteiger partial charge in [-0.3, -0.25) is 14.5 Å². The maximum Gasteiger partial charge on any atom is 0.416 e. The number of carbonyl (C=O) groups is 2. The maximum absolute atomic E-state index is 12.7. The molecule has 2 heterocycles. The average Bonchev–Trinajstić information content (AvgIpc) is 3.20. The lowest BCUT2D eigenvalue weighted by Crippen LogP contribution is -2.40. The minimum absolute atomic E-state index is 0.0365. The summed E-state index contributed by atoms with van der Waals surface area (Å²) in [7, 11) is 0. The summed E-state index contributed by atoms with van der Waals surface area (Å²) in [6.07, 6.45) is -2.03. The normalized spacial score (nSPS) is 27.3. The molecule has 3 aliphatic rings. The van der Waals surface area contributed by atoms with Gasteiger partial charge in [0.1, 0.15) is 0 Å².